The molecule has 32 heavy (non-hydrogen) atoms. The van der Waals surface area contributed by atoms with Crippen LogP contribution in [0.1, 0.15) is 5.56 Å². The van der Waals surface area contributed by atoms with Gasteiger partial charge in [0.25, 0.3) is 5.91 Å². The zero-order chi connectivity index (χ0) is 23.0. The number of nitrogens with zero attached hydrogens (tertiary/aromatic N) is 3. The number of nitrogens with two attached hydrogens (primary N) is 1. The van der Waals surface area contributed by atoms with E-state index in [1.807, 2.05) is 23.1 Å². The van der Waals surface area contributed by atoms with Crippen LogP contribution < -0.4 is 20.7 Å². The Labute approximate surface area is 187 Å². The van der Waals surface area contributed by atoms with E-state index >= 15 is 0 Å². The molecule has 3 N–H and O–H groups in total. The molecule has 1 aliphatic rings. The van der Waals surface area contributed by atoms with Crippen molar-refractivity contribution >= 4 is 27.7 Å². The highest BCUT2D eigenvalue weighted by Crippen LogP contribution is 2.15. The summed E-state index contributed by atoms with van der Waals surface area (Å²) in [6.45, 7) is 1.65. The second-order valence-corrected chi connectivity index (χ2v) is 9.40. The first-order chi connectivity index (χ1) is 15.3. The molecule has 0 aliphatic carbocycles. The van der Waals surface area contributed by atoms with Crippen LogP contribution in [0.25, 0.3) is 0 Å². The molecule has 1 fully saturated rings. The van der Waals surface area contributed by atoms with Crippen LogP contribution in [-0.4, -0.2) is 74.6 Å². The zero-order valence-corrected chi connectivity index (χ0v) is 18.5. The van der Waals surface area contributed by atoms with Gasteiger partial charge in [0, 0.05) is 38.9 Å². The fourth-order valence-corrected chi connectivity index (χ4v) is 4.63. The number of carbonyl (C=O) groups is 2. The molecular formula is C21H27N5O5S. The van der Waals surface area contributed by atoms with Crippen molar-refractivity contribution in [2.45, 2.75) is 6.42 Å². The van der Waals surface area contributed by atoms with E-state index in [2.05, 4.69) is 10.3 Å². The number of primary amides is 1. The maximum Gasteiger partial charge on any atom is 0.257 e. The van der Waals surface area contributed by atoms with E-state index in [1.165, 1.54) is 4.31 Å². The molecular weight excluding hydrogens is 434 g/mol. The standard InChI is InChI=1S/C21H27N5O5S/c22-19(27)15-17-4-6-18(7-5-17)31-16-21(28)24-9-14-32(29,30)26-12-10-25(11-13-26)20-3-1-2-8-23-20/h1-8H,9-16H2,(H2,22,27)(H,24,28). The molecule has 0 atom stereocenters. The predicted octanol–water partition coefficient (Wildman–Crippen LogP) is -0.244. The normalized spacial score (nSPS) is 14.7. The summed E-state index contributed by atoms with van der Waals surface area (Å²) >= 11 is 0. The first kappa shape index (κ1) is 23.5. The van der Waals surface area contributed by atoms with E-state index in [-0.39, 0.29) is 25.3 Å². The number of anilines is 1. The average molecular weight is 462 g/mol. The Balaban J connectivity index is 1.37. The molecule has 0 radical (unpaired) electrons. The fraction of sp³-hybridized carbons (Fsp3) is 0.381. The van der Waals surface area contributed by atoms with Crippen LogP contribution in [0.5, 0.6) is 5.75 Å². The summed E-state index contributed by atoms with van der Waals surface area (Å²) in [4.78, 5) is 29.2. The number of amides is 2. The monoisotopic (exact) mass is 461 g/mol. The van der Waals surface area contributed by atoms with E-state index in [9.17, 15) is 18.0 Å². The Morgan fingerprint density at radius 1 is 1.06 bits per heavy atom. The number of rotatable bonds is 10. The minimum Gasteiger partial charge on any atom is -0.484 e. The van der Waals surface area contributed by atoms with Crippen molar-refractivity contribution in [1.82, 2.24) is 14.6 Å². The molecule has 3 rings (SSSR count). The highest BCUT2D eigenvalue weighted by atomic mass is 32.2. The van der Waals surface area contributed by atoms with Gasteiger partial charge in [-0.2, -0.15) is 4.31 Å². The van der Waals surface area contributed by atoms with Crippen molar-refractivity contribution in [3.8, 4) is 5.75 Å². The summed E-state index contributed by atoms with van der Waals surface area (Å²) in [5, 5.41) is 2.57. The summed E-state index contributed by atoms with van der Waals surface area (Å²) < 4.78 is 32.0. The first-order valence-corrected chi connectivity index (χ1v) is 11.8. The van der Waals surface area contributed by atoms with Crippen LogP contribution in [0, 0.1) is 0 Å². The third-order valence-electron chi connectivity index (χ3n) is 4.96. The van der Waals surface area contributed by atoms with Gasteiger partial charge in [-0.05, 0) is 29.8 Å². The number of pyridine rings is 1. The van der Waals surface area contributed by atoms with Crippen LogP contribution >= 0.6 is 0 Å². The van der Waals surface area contributed by atoms with Gasteiger partial charge < -0.3 is 20.7 Å². The van der Waals surface area contributed by atoms with Gasteiger partial charge in [-0.25, -0.2) is 13.4 Å². The van der Waals surface area contributed by atoms with E-state index in [0.29, 0.717) is 31.9 Å². The lowest BCUT2D eigenvalue weighted by molar-refractivity contribution is -0.123. The number of nitrogens with one attached hydrogen (secondary N) is 1. The summed E-state index contributed by atoms with van der Waals surface area (Å²) in [6.07, 6.45) is 1.84. The molecule has 0 bridgehead atoms. The Bertz CT molecular complexity index is 1010. The average Bonchev–Trinajstić information content (AvgIpc) is 2.79. The molecule has 2 aromatic rings. The molecule has 0 unspecified atom stereocenters. The lowest BCUT2D eigenvalue weighted by Gasteiger charge is -2.34. The maximum absolute atomic E-state index is 12.6. The predicted molar refractivity (Wildman–Crippen MR) is 120 cm³/mol. The van der Waals surface area contributed by atoms with E-state index < -0.39 is 21.8 Å². The van der Waals surface area contributed by atoms with E-state index in [1.54, 1.807) is 30.5 Å². The molecule has 0 spiro atoms. The van der Waals surface area contributed by atoms with Gasteiger partial charge >= 0.3 is 0 Å². The number of piperazine rings is 1. The quantitative estimate of drug-likeness (QED) is 0.498. The molecule has 0 saturated carbocycles. The van der Waals surface area contributed by atoms with Crippen molar-refractivity contribution in [2.24, 2.45) is 5.73 Å². The van der Waals surface area contributed by atoms with E-state index in [0.717, 1.165) is 11.4 Å². The second-order valence-electron chi connectivity index (χ2n) is 7.32. The van der Waals surface area contributed by atoms with Crippen LogP contribution in [0.4, 0.5) is 5.82 Å². The number of hydrogen-bond donors (Lipinski definition) is 2. The lowest BCUT2D eigenvalue weighted by atomic mass is 10.1. The third-order valence-corrected chi connectivity index (χ3v) is 6.83. The van der Waals surface area contributed by atoms with Crippen molar-refractivity contribution < 1.29 is 22.7 Å². The second kappa shape index (κ2) is 10.9. The van der Waals surface area contributed by atoms with Gasteiger partial charge in [0.15, 0.2) is 6.61 Å². The molecule has 10 nitrogen and oxygen atoms in total. The Hall–Kier alpha value is -3.18. The van der Waals surface area contributed by atoms with Crippen molar-refractivity contribution in [2.75, 3.05) is 50.0 Å². The molecule has 1 aromatic heterocycles. The zero-order valence-electron chi connectivity index (χ0n) is 17.6. The highest BCUT2D eigenvalue weighted by molar-refractivity contribution is 7.89. The van der Waals surface area contributed by atoms with Crippen molar-refractivity contribution in [3.05, 3.63) is 54.2 Å². The molecule has 2 amide bonds. The third kappa shape index (κ3) is 6.92. The minimum atomic E-state index is -3.47. The molecule has 1 aliphatic heterocycles. The molecule has 11 heteroatoms. The number of benzene rings is 1. The number of ether oxygens (including phenoxy) is 1. The van der Waals surface area contributed by atoms with Gasteiger partial charge in [-0.15, -0.1) is 0 Å². The Kier molecular flexibility index (Phi) is 8.01. The van der Waals surface area contributed by atoms with E-state index in [4.69, 9.17) is 10.5 Å². The minimum absolute atomic E-state index is 0.00251. The summed E-state index contributed by atoms with van der Waals surface area (Å²) in [5.41, 5.74) is 5.89. The molecule has 1 aromatic carbocycles. The maximum atomic E-state index is 12.6. The first-order valence-electron chi connectivity index (χ1n) is 10.2. The highest BCUT2D eigenvalue weighted by Gasteiger charge is 2.27. The van der Waals surface area contributed by atoms with Gasteiger partial charge in [0.1, 0.15) is 11.6 Å². The Morgan fingerprint density at radius 2 is 1.78 bits per heavy atom. The number of aromatic nitrogens is 1. The van der Waals surface area contributed by atoms with Gasteiger partial charge in [-0.3, -0.25) is 9.59 Å². The van der Waals surface area contributed by atoms with Crippen LogP contribution in [0.3, 0.4) is 0 Å². The van der Waals surface area contributed by atoms with Crippen molar-refractivity contribution in [3.63, 3.8) is 0 Å². The summed E-state index contributed by atoms with van der Waals surface area (Å²) in [5.74, 6) is 0.278. The SMILES string of the molecule is NC(=O)Cc1ccc(OCC(=O)NCCS(=O)(=O)N2CCN(c3ccccn3)CC2)cc1. The van der Waals surface area contributed by atoms with Crippen LogP contribution in [0.15, 0.2) is 48.7 Å². The smallest absolute Gasteiger partial charge is 0.257 e. The molecule has 1 saturated heterocycles. The van der Waals surface area contributed by atoms with Gasteiger partial charge in [-0.1, -0.05) is 18.2 Å². The molecule has 172 valence electrons. The number of carbonyl (C=O) groups excluding carboxylic acids is 2. The largest absolute Gasteiger partial charge is 0.484 e. The van der Waals surface area contributed by atoms with Gasteiger partial charge in [0.05, 0.1) is 12.2 Å². The van der Waals surface area contributed by atoms with Crippen molar-refractivity contribution in [1.29, 1.82) is 0 Å². The van der Waals surface area contributed by atoms with Gasteiger partial charge in [0.2, 0.25) is 15.9 Å². The van der Waals surface area contributed by atoms with Crippen LogP contribution in [0.2, 0.25) is 0 Å². The van der Waals surface area contributed by atoms with Crippen LogP contribution in [-0.2, 0) is 26.0 Å². The Morgan fingerprint density at radius 3 is 2.41 bits per heavy atom. The summed E-state index contributed by atoms with van der Waals surface area (Å²) in [6, 6.07) is 12.3. The number of hydrogen-bond acceptors (Lipinski definition) is 7. The molecule has 2 heterocycles. The fourth-order valence-electron chi connectivity index (χ4n) is 3.29. The topological polar surface area (TPSA) is 135 Å². The number of sulfonamides is 1. The lowest BCUT2D eigenvalue weighted by Crippen LogP contribution is -2.50. The summed E-state index contributed by atoms with van der Waals surface area (Å²) in [7, 11) is -3.47.